The highest BCUT2D eigenvalue weighted by atomic mass is 16.4. The van der Waals surface area contributed by atoms with E-state index in [2.05, 4.69) is 10.2 Å². The maximum absolute atomic E-state index is 10.6. The van der Waals surface area contributed by atoms with Crippen LogP contribution in [0.5, 0.6) is 0 Å². The van der Waals surface area contributed by atoms with Gasteiger partial charge in [-0.2, -0.15) is 5.10 Å². The molecule has 14 heavy (non-hydrogen) atoms. The second-order valence-electron chi connectivity index (χ2n) is 2.75. The molecular formula is C7H11N3O4. The molecule has 1 rings (SSSR count). The summed E-state index contributed by atoms with van der Waals surface area (Å²) < 4.78 is 0. The molecule has 0 fully saturated rings. The molecule has 0 aliphatic heterocycles. The van der Waals surface area contributed by atoms with Crippen molar-refractivity contribution >= 4 is 5.97 Å². The minimum absolute atomic E-state index is 0.0236. The zero-order valence-corrected chi connectivity index (χ0v) is 7.21. The van der Waals surface area contributed by atoms with Crippen LogP contribution in [0, 0.1) is 0 Å². The predicted molar refractivity (Wildman–Crippen MR) is 45.6 cm³/mol. The Bertz CT molecular complexity index is 324. The van der Waals surface area contributed by atoms with Gasteiger partial charge in [-0.15, -0.1) is 0 Å². The Morgan fingerprint density at radius 1 is 1.64 bits per heavy atom. The smallest absolute Gasteiger partial charge is 0.354 e. The van der Waals surface area contributed by atoms with Crippen LogP contribution in [0.3, 0.4) is 0 Å². The van der Waals surface area contributed by atoms with E-state index in [1.54, 1.807) is 0 Å². The molecular weight excluding hydrogens is 190 g/mol. The number of hydrogen-bond donors (Lipinski definition) is 5. The third kappa shape index (κ3) is 1.90. The van der Waals surface area contributed by atoms with E-state index in [1.807, 2.05) is 0 Å². The van der Waals surface area contributed by atoms with E-state index in [-0.39, 0.29) is 17.8 Å². The van der Waals surface area contributed by atoms with Crippen molar-refractivity contribution in [1.29, 1.82) is 0 Å². The lowest BCUT2D eigenvalue weighted by Crippen LogP contribution is -2.27. The van der Waals surface area contributed by atoms with Crippen molar-refractivity contribution in [3.63, 3.8) is 0 Å². The molecule has 0 aliphatic carbocycles. The zero-order chi connectivity index (χ0) is 10.7. The average Bonchev–Trinajstić information content (AvgIpc) is 2.63. The van der Waals surface area contributed by atoms with Gasteiger partial charge < -0.3 is 21.1 Å². The SMILES string of the molecule is NCC(O)C(O)c1cn[nH]c1C(=O)O. The van der Waals surface area contributed by atoms with Crippen LogP contribution in [0.15, 0.2) is 6.20 Å². The Labute approximate surface area is 79.2 Å². The second kappa shape index (κ2) is 4.18. The lowest BCUT2D eigenvalue weighted by atomic mass is 10.1. The van der Waals surface area contributed by atoms with E-state index < -0.39 is 18.2 Å². The van der Waals surface area contributed by atoms with E-state index in [9.17, 15) is 15.0 Å². The summed E-state index contributed by atoms with van der Waals surface area (Å²) in [5.41, 5.74) is 4.90. The van der Waals surface area contributed by atoms with Crippen molar-refractivity contribution in [1.82, 2.24) is 10.2 Å². The molecule has 2 unspecified atom stereocenters. The summed E-state index contributed by atoms with van der Waals surface area (Å²) >= 11 is 0. The fraction of sp³-hybridized carbons (Fsp3) is 0.429. The summed E-state index contributed by atoms with van der Waals surface area (Å²) in [6.45, 7) is -0.161. The van der Waals surface area contributed by atoms with E-state index >= 15 is 0 Å². The van der Waals surface area contributed by atoms with E-state index in [1.165, 1.54) is 0 Å². The molecule has 1 aromatic heterocycles. The molecule has 0 radical (unpaired) electrons. The number of aliphatic hydroxyl groups excluding tert-OH is 2. The molecule has 7 nitrogen and oxygen atoms in total. The first-order valence-electron chi connectivity index (χ1n) is 3.90. The van der Waals surface area contributed by atoms with Gasteiger partial charge in [-0.05, 0) is 0 Å². The van der Waals surface area contributed by atoms with E-state index in [0.29, 0.717) is 0 Å². The molecule has 1 heterocycles. The fourth-order valence-electron chi connectivity index (χ4n) is 1.03. The number of carboxylic acids is 1. The number of nitrogens with two attached hydrogens (primary N) is 1. The fourth-order valence-corrected chi connectivity index (χ4v) is 1.03. The lowest BCUT2D eigenvalue weighted by molar-refractivity contribution is 0.0232. The van der Waals surface area contributed by atoms with Crippen LogP contribution in [0.25, 0.3) is 0 Å². The van der Waals surface area contributed by atoms with Crippen LogP contribution in [0.1, 0.15) is 22.2 Å². The molecule has 0 aliphatic rings. The van der Waals surface area contributed by atoms with Gasteiger partial charge in [0.2, 0.25) is 0 Å². The monoisotopic (exact) mass is 201 g/mol. The van der Waals surface area contributed by atoms with Crippen LogP contribution >= 0.6 is 0 Å². The van der Waals surface area contributed by atoms with Crippen LogP contribution in [0.4, 0.5) is 0 Å². The number of nitrogens with one attached hydrogen (secondary N) is 1. The number of H-pyrrole nitrogens is 1. The van der Waals surface area contributed by atoms with E-state index in [0.717, 1.165) is 6.20 Å². The summed E-state index contributed by atoms with van der Waals surface area (Å²) in [7, 11) is 0. The first kappa shape index (κ1) is 10.6. The van der Waals surface area contributed by atoms with Crippen LogP contribution in [-0.2, 0) is 0 Å². The molecule has 0 saturated heterocycles. The number of rotatable bonds is 4. The van der Waals surface area contributed by atoms with Crippen molar-refractivity contribution in [2.24, 2.45) is 5.73 Å². The highest BCUT2D eigenvalue weighted by Crippen LogP contribution is 2.18. The Balaban J connectivity index is 2.94. The number of aromatic carboxylic acids is 1. The molecule has 7 heteroatoms. The van der Waals surface area contributed by atoms with Crippen molar-refractivity contribution in [3.05, 3.63) is 17.5 Å². The summed E-state index contributed by atoms with van der Waals surface area (Å²) in [5.74, 6) is -1.25. The minimum Gasteiger partial charge on any atom is -0.477 e. The number of aromatic nitrogens is 2. The maximum Gasteiger partial charge on any atom is 0.354 e. The molecule has 0 aromatic carbocycles. The summed E-state index contributed by atoms with van der Waals surface area (Å²) in [6.07, 6.45) is -1.40. The lowest BCUT2D eigenvalue weighted by Gasteiger charge is -2.14. The minimum atomic E-state index is -1.34. The molecule has 0 spiro atoms. The summed E-state index contributed by atoms with van der Waals surface area (Å²) in [6, 6.07) is 0. The zero-order valence-electron chi connectivity index (χ0n) is 7.21. The Morgan fingerprint density at radius 2 is 2.29 bits per heavy atom. The van der Waals surface area contributed by atoms with Gasteiger partial charge in [0.15, 0.2) is 0 Å². The predicted octanol–water partition coefficient (Wildman–Crippen LogP) is -1.54. The van der Waals surface area contributed by atoms with Gasteiger partial charge in [0.1, 0.15) is 11.8 Å². The highest BCUT2D eigenvalue weighted by Gasteiger charge is 2.24. The van der Waals surface area contributed by atoms with Crippen molar-refractivity contribution in [2.75, 3.05) is 6.54 Å². The van der Waals surface area contributed by atoms with Crippen molar-refractivity contribution in [3.8, 4) is 0 Å². The summed E-state index contributed by atoms with van der Waals surface area (Å²) in [4.78, 5) is 10.6. The molecule has 0 amide bonds. The Morgan fingerprint density at radius 3 is 2.79 bits per heavy atom. The van der Waals surface area contributed by atoms with E-state index in [4.69, 9.17) is 10.8 Å². The highest BCUT2D eigenvalue weighted by molar-refractivity contribution is 5.87. The van der Waals surface area contributed by atoms with Crippen LogP contribution in [-0.4, -0.2) is 44.1 Å². The quantitative estimate of drug-likeness (QED) is 0.401. The molecule has 2 atom stereocenters. The normalized spacial score (nSPS) is 15.1. The maximum atomic E-state index is 10.6. The average molecular weight is 201 g/mol. The Hall–Kier alpha value is -1.44. The number of carboxylic acid groups (broad SMARTS) is 1. The van der Waals surface area contributed by atoms with Crippen molar-refractivity contribution < 1.29 is 20.1 Å². The summed E-state index contributed by atoms with van der Waals surface area (Å²) in [5, 5.41) is 33.0. The number of aromatic amines is 1. The first-order valence-corrected chi connectivity index (χ1v) is 3.90. The molecule has 0 bridgehead atoms. The first-order chi connectivity index (χ1) is 6.57. The number of hydrogen-bond acceptors (Lipinski definition) is 5. The Kier molecular flexibility index (Phi) is 3.18. The van der Waals surface area contributed by atoms with Gasteiger partial charge in [0, 0.05) is 12.1 Å². The van der Waals surface area contributed by atoms with Crippen LogP contribution < -0.4 is 5.73 Å². The molecule has 0 saturated carbocycles. The van der Waals surface area contributed by atoms with Gasteiger partial charge in [0.05, 0.1) is 12.3 Å². The molecule has 6 N–H and O–H groups in total. The third-order valence-electron chi connectivity index (χ3n) is 1.81. The van der Waals surface area contributed by atoms with Gasteiger partial charge in [-0.25, -0.2) is 4.79 Å². The molecule has 1 aromatic rings. The second-order valence-corrected chi connectivity index (χ2v) is 2.75. The van der Waals surface area contributed by atoms with Gasteiger partial charge in [0.25, 0.3) is 0 Å². The van der Waals surface area contributed by atoms with Gasteiger partial charge in [-0.1, -0.05) is 0 Å². The standard InChI is InChI=1S/C7H11N3O4/c8-1-4(11)6(12)3-2-9-10-5(3)7(13)14/h2,4,6,11-12H,1,8H2,(H,9,10)(H,13,14). The van der Waals surface area contributed by atoms with Gasteiger partial charge >= 0.3 is 5.97 Å². The van der Waals surface area contributed by atoms with Crippen molar-refractivity contribution in [2.45, 2.75) is 12.2 Å². The van der Waals surface area contributed by atoms with Crippen LogP contribution in [0.2, 0.25) is 0 Å². The number of nitrogens with zero attached hydrogens (tertiary/aromatic N) is 1. The third-order valence-corrected chi connectivity index (χ3v) is 1.81. The topological polar surface area (TPSA) is 132 Å². The number of carbonyl (C=O) groups is 1. The molecule has 78 valence electrons. The van der Waals surface area contributed by atoms with Gasteiger partial charge in [-0.3, -0.25) is 5.10 Å². The number of aliphatic hydroxyl groups is 2. The largest absolute Gasteiger partial charge is 0.477 e.